The molecule has 1 atom stereocenters. The third-order valence-electron chi connectivity index (χ3n) is 3.32. The summed E-state index contributed by atoms with van der Waals surface area (Å²) in [4.78, 5) is 18.4. The fraction of sp³-hybridized carbons (Fsp3) is 0.692. The number of aromatic nitrogens is 2. The van der Waals surface area contributed by atoms with E-state index in [1.165, 1.54) is 0 Å². The standard InChI is InChI=1S/C13H21ClN4O2/c1-4-6-7-10(5-2)8-15-12-11(18(19)20)9(3)16-13(14)17-12/h10H,4-8H2,1-3H3,(H,15,16,17). The normalized spacial score (nSPS) is 12.2. The number of hydrogen-bond donors (Lipinski definition) is 1. The van der Waals surface area contributed by atoms with Gasteiger partial charge in [-0.3, -0.25) is 10.1 Å². The van der Waals surface area contributed by atoms with Crippen LogP contribution in [0.3, 0.4) is 0 Å². The SMILES string of the molecule is CCCCC(CC)CNc1nc(Cl)nc(C)c1[N+](=O)[O-]. The lowest BCUT2D eigenvalue weighted by Gasteiger charge is -2.15. The third-order valence-corrected chi connectivity index (χ3v) is 3.48. The summed E-state index contributed by atoms with van der Waals surface area (Å²) < 4.78 is 0. The lowest BCUT2D eigenvalue weighted by atomic mass is 9.99. The van der Waals surface area contributed by atoms with E-state index in [0.717, 1.165) is 25.7 Å². The number of halogens is 1. The molecular formula is C13H21ClN4O2. The van der Waals surface area contributed by atoms with Crippen LogP contribution in [0.1, 0.15) is 45.2 Å². The van der Waals surface area contributed by atoms with Crippen LogP contribution in [0.25, 0.3) is 0 Å². The van der Waals surface area contributed by atoms with Crippen LogP contribution in [0.2, 0.25) is 5.28 Å². The summed E-state index contributed by atoms with van der Waals surface area (Å²) in [5.74, 6) is 0.686. The zero-order valence-electron chi connectivity index (χ0n) is 12.1. The molecule has 1 aromatic heterocycles. The number of aryl methyl sites for hydroxylation is 1. The average molecular weight is 301 g/mol. The largest absolute Gasteiger partial charge is 0.364 e. The van der Waals surface area contributed by atoms with Gasteiger partial charge in [-0.15, -0.1) is 0 Å². The molecule has 1 unspecified atom stereocenters. The first kappa shape index (κ1) is 16.6. The first-order valence-electron chi connectivity index (χ1n) is 6.91. The maximum Gasteiger partial charge on any atom is 0.332 e. The van der Waals surface area contributed by atoms with Crippen molar-refractivity contribution in [3.05, 3.63) is 21.1 Å². The highest BCUT2D eigenvalue weighted by Crippen LogP contribution is 2.27. The molecule has 1 N–H and O–H groups in total. The molecule has 0 saturated heterocycles. The van der Waals surface area contributed by atoms with Gasteiger partial charge in [0.2, 0.25) is 11.1 Å². The molecule has 0 spiro atoms. The maximum atomic E-state index is 11.1. The lowest BCUT2D eigenvalue weighted by molar-refractivity contribution is -0.385. The van der Waals surface area contributed by atoms with E-state index < -0.39 is 4.92 Å². The van der Waals surface area contributed by atoms with Gasteiger partial charge in [0.1, 0.15) is 5.69 Å². The highest BCUT2D eigenvalue weighted by molar-refractivity contribution is 6.28. The molecule has 0 aliphatic rings. The van der Waals surface area contributed by atoms with Crippen molar-refractivity contribution in [3.8, 4) is 0 Å². The van der Waals surface area contributed by atoms with E-state index in [0.29, 0.717) is 12.5 Å². The summed E-state index contributed by atoms with van der Waals surface area (Å²) in [5, 5.41) is 14.2. The van der Waals surface area contributed by atoms with Crippen molar-refractivity contribution in [2.24, 2.45) is 5.92 Å². The molecule has 0 aliphatic carbocycles. The first-order valence-corrected chi connectivity index (χ1v) is 7.29. The Morgan fingerprint density at radius 1 is 1.40 bits per heavy atom. The Morgan fingerprint density at radius 3 is 2.65 bits per heavy atom. The van der Waals surface area contributed by atoms with Gasteiger partial charge in [-0.05, 0) is 30.9 Å². The van der Waals surface area contributed by atoms with E-state index in [1.807, 2.05) is 0 Å². The van der Waals surface area contributed by atoms with Gasteiger partial charge < -0.3 is 5.32 Å². The minimum atomic E-state index is -0.471. The molecule has 0 radical (unpaired) electrons. The van der Waals surface area contributed by atoms with Gasteiger partial charge in [-0.2, -0.15) is 4.98 Å². The number of rotatable bonds is 8. The van der Waals surface area contributed by atoms with E-state index >= 15 is 0 Å². The molecular weight excluding hydrogens is 280 g/mol. The molecule has 1 heterocycles. The van der Waals surface area contributed by atoms with Crippen LogP contribution >= 0.6 is 11.6 Å². The Bertz CT molecular complexity index is 468. The summed E-state index contributed by atoms with van der Waals surface area (Å²) in [6, 6.07) is 0. The number of hydrogen-bond acceptors (Lipinski definition) is 5. The van der Waals surface area contributed by atoms with Crippen molar-refractivity contribution < 1.29 is 4.92 Å². The van der Waals surface area contributed by atoms with Crippen LogP contribution in [0.5, 0.6) is 0 Å². The fourth-order valence-electron chi connectivity index (χ4n) is 2.06. The van der Waals surface area contributed by atoms with Gasteiger partial charge in [0.15, 0.2) is 0 Å². The van der Waals surface area contributed by atoms with Crippen LogP contribution in [0, 0.1) is 23.0 Å². The highest BCUT2D eigenvalue weighted by atomic mass is 35.5. The number of unbranched alkanes of at least 4 members (excludes halogenated alkanes) is 1. The molecule has 1 aromatic rings. The summed E-state index contributed by atoms with van der Waals surface area (Å²) in [6.45, 7) is 6.49. The van der Waals surface area contributed by atoms with Crippen molar-refractivity contribution >= 4 is 23.1 Å². The number of anilines is 1. The Balaban J connectivity index is 2.83. The molecule has 0 fully saturated rings. The van der Waals surface area contributed by atoms with Gasteiger partial charge in [0, 0.05) is 6.54 Å². The summed E-state index contributed by atoms with van der Waals surface area (Å²) in [7, 11) is 0. The van der Waals surface area contributed by atoms with Gasteiger partial charge in [-0.25, -0.2) is 4.98 Å². The van der Waals surface area contributed by atoms with Crippen LogP contribution in [0.15, 0.2) is 0 Å². The monoisotopic (exact) mass is 300 g/mol. The lowest BCUT2D eigenvalue weighted by Crippen LogP contribution is -2.16. The molecule has 7 heteroatoms. The maximum absolute atomic E-state index is 11.1. The number of nitrogens with one attached hydrogen (secondary N) is 1. The zero-order chi connectivity index (χ0) is 15.1. The molecule has 0 aromatic carbocycles. The molecule has 0 bridgehead atoms. The van der Waals surface area contributed by atoms with Crippen LogP contribution in [-0.2, 0) is 0 Å². The van der Waals surface area contributed by atoms with E-state index in [2.05, 4.69) is 29.1 Å². The third kappa shape index (κ3) is 4.59. The van der Waals surface area contributed by atoms with Gasteiger partial charge in [-0.1, -0.05) is 33.1 Å². The Kier molecular flexibility index (Phi) is 6.64. The molecule has 6 nitrogen and oxygen atoms in total. The van der Waals surface area contributed by atoms with Crippen molar-refractivity contribution in [3.63, 3.8) is 0 Å². The number of nitro groups is 1. The Hall–Kier alpha value is -1.43. The molecule has 20 heavy (non-hydrogen) atoms. The van der Waals surface area contributed by atoms with E-state index in [-0.39, 0.29) is 22.5 Å². The quantitative estimate of drug-likeness (QED) is 0.446. The molecule has 0 saturated carbocycles. The summed E-state index contributed by atoms with van der Waals surface area (Å²) in [6.07, 6.45) is 4.44. The van der Waals surface area contributed by atoms with Crippen molar-refractivity contribution in [1.82, 2.24) is 9.97 Å². The van der Waals surface area contributed by atoms with Crippen LogP contribution < -0.4 is 5.32 Å². The second-order valence-corrected chi connectivity index (χ2v) is 5.17. The molecule has 112 valence electrons. The fourth-order valence-corrected chi connectivity index (χ4v) is 2.27. The minimum absolute atomic E-state index is 0.0252. The van der Waals surface area contributed by atoms with E-state index in [1.54, 1.807) is 6.92 Å². The highest BCUT2D eigenvalue weighted by Gasteiger charge is 2.22. The van der Waals surface area contributed by atoms with Gasteiger partial charge >= 0.3 is 5.69 Å². The van der Waals surface area contributed by atoms with E-state index in [4.69, 9.17) is 11.6 Å². The smallest absolute Gasteiger partial charge is 0.332 e. The van der Waals surface area contributed by atoms with Crippen molar-refractivity contribution in [2.75, 3.05) is 11.9 Å². The minimum Gasteiger partial charge on any atom is -0.364 e. The topological polar surface area (TPSA) is 81.0 Å². The first-order chi connectivity index (χ1) is 9.49. The average Bonchev–Trinajstić information content (AvgIpc) is 2.37. The molecule has 0 aliphatic heterocycles. The van der Waals surface area contributed by atoms with Gasteiger partial charge in [0.25, 0.3) is 0 Å². The second-order valence-electron chi connectivity index (χ2n) is 4.83. The Labute approximate surface area is 124 Å². The number of nitrogens with zero attached hydrogens (tertiary/aromatic N) is 3. The summed E-state index contributed by atoms with van der Waals surface area (Å²) in [5.41, 5.74) is 0.179. The predicted molar refractivity (Wildman–Crippen MR) is 80.2 cm³/mol. The van der Waals surface area contributed by atoms with E-state index in [9.17, 15) is 10.1 Å². The molecule has 0 amide bonds. The van der Waals surface area contributed by atoms with Crippen LogP contribution in [0.4, 0.5) is 11.5 Å². The Morgan fingerprint density at radius 2 is 2.10 bits per heavy atom. The van der Waals surface area contributed by atoms with Gasteiger partial charge in [0.05, 0.1) is 4.92 Å². The second kappa shape index (κ2) is 7.99. The van der Waals surface area contributed by atoms with Crippen molar-refractivity contribution in [1.29, 1.82) is 0 Å². The van der Waals surface area contributed by atoms with Crippen LogP contribution in [-0.4, -0.2) is 21.4 Å². The summed E-state index contributed by atoms with van der Waals surface area (Å²) >= 11 is 5.77. The zero-order valence-corrected chi connectivity index (χ0v) is 12.9. The predicted octanol–water partition coefficient (Wildman–Crippen LogP) is 3.97. The van der Waals surface area contributed by atoms with Crippen molar-refractivity contribution in [2.45, 2.75) is 46.5 Å². The molecule has 1 rings (SSSR count).